The molecule has 17 heavy (non-hydrogen) atoms. The highest BCUT2D eigenvalue weighted by Gasteiger charge is 2.27. The summed E-state index contributed by atoms with van der Waals surface area (Å²) in [6, 6.07) is 5.45. The standard InChI is InChI=1S/C13H17Cl2NO/c1-8-2-5-13(17-8)12(16)7-9-6-10(14)3-4-11(9)15/h3-4,6,8,12-13H,2,5,7,16H2,1H3. The van der Waals surface area contributed by atoms with E-state index in [2.05, 4.69) is 6.92 Å². The molecule has 0 radical (unpaired) electrons. The molecule has 0 aromatic heterocycles. The molecule has 2 N–H and O–H groups in total. The molecule has 2 rings (SSSR count). The van der Waals surface area contributed by atoms with Crippen molar-refractivity contribution in [3.63, 3.8) is 0 Å². The zero-order valence-corrected chi connectivity index (χ0v) is 11.3. The first-order valence-electron chi connectivity index (χ1n) is 5.91. The van der Waals surface area contributed by atoms with Crippen LogP contribution in [0.25, 0.3) is 0 Å². The number of ether oxygens (including phenoxy) is 1. The van der Waals surface area contributed by atoms with Crippen LogP contribution < -0.4 is 5.73 Å². The van der Waals surface area contributed by atoms with Gasteiger partial charge in [-0.2, -0.15) is 0 Å². The van der Waals surface area contributed by atoms with Gasteiger partial charge in [0.05, 0.1) is 12.2 Å². The minimum atomic E-state index is -0.0177. The van der Waals surface area contributed by atoms with Crippen LogP contribution in [0, 0.1) is 0 Å². The van der Waals surface area contributed by atoms with Crippen molar-refractivity contribution in [2.75, 3.05) is 0 Å². The fourth-order valence-corrected chi connectivity index (χ4v) is 2.62. The predicted molar refractivity (Wildman–Crippen MR) is 71.7 cm³/mol. The Kier molecular flexibility index (Phi) is 4.31. The molecule has 1 aromatic rings. The smallest absolute Gasteiger partial charge is 0.0733 e. The SMILES string of the molecule is CC1CCC(C(N)Cc2cc(Cl)ccc2Cl)O1. The summed E-state index contributed by atoms with van der Waals surface area (Å²) in [6.45, 7) is 2.08. The molecule has 1 heterocycles. The summed E-state index contributed by atoms with van der Waals surface area (Å²) in [4.78, 5) is 0. The molecule has 1 saturated heterocycles. The second kappa shape index (κ2) is 5.57. The molecule has 0 saturated carbocycles. The lowest BCUT2D eigenvalue weighted by Crippen LogP contribution is -2.36. The highest BCUT2D eigenvalue weighted by Crippen LogP contribution is 2.26. The van der Waals surface area contributed by atoms with Crippen molar-refractivity contribution in [3.05, 3.63) is 33.8 Å². The van der Waals surface area contributed by atoms with Gasteiger partial charge in [-0.15, -0.1) is 0 Å². The molecule has 0 aliphatic carbocycles. The van der Waals surface area contributed by atoms with E-state index in [0.717, 1.165) is 23.4 Å². The van der Waals surface area contributed by atoms with E-state index in [1.165, 1.54) is 0 Å². The maximum atomic E-state index is 6.17. The molecule has 4 heteroatoms. The van der Waals surface area contributed by atoms with Gasteiger partial charge in [0.2, 0.25) is 0 Å². The molecule has 0 amide bonds. The van der Waals surface area contributed by atoms with Crippen molar-refractivity contribution in [1.82, 2.24) is 0 Å². The first-order valence-corrected chi connectivity index (χ1v) is 6.67. The molecule has 1 aromatic carbocycles. The van der Waals surface area contributed by atoms with Crippen LogP contribution in [0.15, 0.2) is 18.2 Å². The van der Waals surface area contributed by atoms with Crippen LogP contribution in [0.2, 0.25) is 10.0 Å². The zero-order chi connectivity index (χ0) is 12.4. The highest BCUT2D eigenvalue weighted by molar-refractivity contribution is 6.33. The van der Waals surface area contributed by atoms with Gasteiger partial charge in [-0.3, -0.25) is 0 Å². The van der Waals surface area contributed by atoms with Crippen LogP contribution in [0.5, 0.6) is 0 Å². The fraction of sp³-hybridized carbons (Fsp3) is 0.538. The molecular formula is C13H17Cl2NO. The number of hydrogen-bond donors (Lipinski definition) is 1. The van der Waals surface area contributed by atoms with Crippen LogP contribution >= 0.6 is 23.2 Å². The highest BCUT2D eigenvalue weighted by atomic mass is 35.5. The summed E-state index contributed by atoms with van der Waals surface area (Å²) in [6.07, 6.45) is 3.28. The Bertz CT molecular complexity index is 397. The van der Waals surface area contributed by atoms with E-state index >= 15 is 0 Å². The van der Waals surface area contributed by atoms with Gasteiger partial charge in [-0.25, -0.2) is 0 Å². The third kappa shape index (κ3) is 3.35. The minimum Gasteiger partial charge on any atom is -0.374 e. The van der Waals surface area contributed by atoms with Crippen LogP contribution in [0.3, 0.4) is 0 Å². The number of nitrogens with two attached hydrogens (primary N) is 1. The lowest BCUT2D eigenvalue weighted by molar-refractivity contribution is 0.0404. The summed E-state index contributed by atoms with van der Waals surface area (Å²) in [5.41, 5.74) is 7.16. The van der Waals surface area contributed by atoms with Gasteiger partial charge in [0, 0.05) is 16.1 Å². The maximum Gasteiger partial charge on any atom is 0.0733 e. The Labute approximate surface area is 112 Å². The van der Waals surface area contributed by atoms with E-state index in [4.69, 9.17) is 33.7 Å². The summed E-state index contributed by atoms with van der Waals surface area (Å²) in [7, 11) is 0. The van der Waals surface area contributed by atoms with Crippen molar-refractivity contribution < 1.29 is 4.74 Å². The van der Waals surface area contributed by atoms with Gasteiger partial charge >= 0.3 is 0 Å². The lowest BCUT2D eigenvalue weighted by Gasteiger charge is -2.20. The van der Waals surface area contributed by atoms with Crippen LogP contribution in [-0.2, 0) is 11.2 Å². The zero-order valence-electron chi connectivity index (χ0n) is 9.83. The summed E-state index contributed by atoms with van der Waals surface area (Å²) in [5, 5.41) is 1.41. The molecule has 3 unspecified atom stereocenters. The van der Waals surface area contributed by atoms with Crippen molar-refractivity contribution in [2.24, 2.45) is 5.73 Å². The molecule has 2 nitrogen and oxygen atoms in total. The molecule has 1 aliphatic heterocycles. The molecule has 0 bridgehead atoms. The van der Waals surface area contributed by atoms with E-state index in [-0.39, 0.29) is 12.1 Å². The van der Waals surface area contributed by atoms with Gasteiger partial charge < -0.3 is 10.5 Å². The predicted octanol–water partition coefficient (Wildman–Crippen LogP) is 3.43. The van der Waals surface area contributed by atoms with Crippen LogP contribution in [-0.4, -0.2) is 18.2 Å². The van der Waals surface area contributed by atoms with E-state index in [9.17, 15) is 0 Å². The fourth-order valence-electron chi connectivity index (χ4n) is 2.23. The lowest BCUT2D eigenvalue weighted by atomic mass is 10.00. The maximum absolute atomic E-state index is 6.17. The van der Waals surface area contributed by atoms with E-state index < -0.39 is 0 Å². The second-order valence-corrected chi connectivity index (χ2v) is 5.51. The number of halogens is 2. The van der Waals surface area contributed by atoms with Crippen molar-refractivity contribution in [3.8, 4) is 0 Å². The molecular weight excluding hydrogens is 257 g/mol. The van der Waals surface area contributed by atoms with Gasteiger partial charge in [0.15, 0.2) is 0 Å². The minimum absolute atomic E-state index is 0.0177. The summed E-state index contributed by atoms with van der Waals surface area (Å²) >= 11 is 12.1. The molecule has 1 aliphatic rings. The Hall–Kier alpha value is -0.280. The molecule has 0 spiro atoms. The first-order chi connectivity index (χ1) is 8.06. The van der Waals surface area contributed by atoms with Crippen molar-refractivity contribution >= 4 is 23.2 Å². The van der Waals surface area contributed by atoms with E-state index in [1.807, 2.05) is 12.1 Å². The Morgan fingerprint density at radius 2 is 2.18 bits per heavy atom. The Morgan fingerprint density at radius 3 is 2.82 bits per heavy atom. The number of rotatable bonds is 3. The van der Waals surface area contributed by atoms with Gasteiger partial charge in [-0.1, -0.05) is 23.2 Å². The topological polar surface area (TPSA) is 35.2 Å². The quantitative estimate of drug-likeness (QED) is 0.916. The van der Waals surface area contributed by atoms with Crippen LogP contribution in [0.4, 0.5) is 0 Å². The molecule has 1 fully saturated rings. The molecule has 94 valence electrons. The number of benzene rings is 1. The third-order valence-corrected chi connectivity index (χ3v) is 3.81. The van der Waals surface area contributed by atoms with Gasteiger partial charge in [0.1, 0.15) is 0 Å². The van der Waals surface area contributed by atoms with Gasteiger partial charge in [0.25, 0.3) is 0 Å². The largest absolute Gasteiger partial charge is 0.374 e. The second-order valence-electron chi connectivity index (χ2n) is 4.67. The first kappa shape index (κ1) is 13.2. The van der Waals surface area contributed by atoms with E-state index in [0.29, 0.717) is 17.5 Å². The molecule has 3 atom stereocenters. The summed E-state index contributed by atoms with van der Waals surface area (Å²) in [5.74, 6) is 0. The van der Waals surface area contributed by atoms with Crippen molar-refractivity contribution in [2.45, 2.75) is 44.4 Å². The Balaban J connectivity index is 2.02. The third-order valence-electron chi connectivity index (χ3n) is 3.21. The van der Waals surface area contributed by atoms with Crippen LogP contribution in [0.1, 0.15) is 25.3 Å². The normalized spacial score (nSPS) is 26.1. The average Bonchev–Trinajstić information content (AvgIpc) is 2.70. The monoisotopic (exact) mass is 273 g/mol. The van der Waals surface area contributed by atoms with E-state index in [1.54, 1.807) is 6.07 Å². The van der Waals surface area contributed by atoms with Crippen molar-refractivity contribution in [1.29, 1.82) is 0 Å². The Morgan fingerprint density at radius 1 is 1.41 bits per heavy atom. The average molecular weight is 274 g/mol. The van der Waals surface area contributed by atoms with Gasteiger partial charge in [-0.05, 0) is 49.9 Å². The summed E-state index contributed by atoms with van der Waals surface area (Å²) < 4.78 is 5.76. The number of hydrogen-bond acceptors (Lipinski definition) is 2.